The van der Waals surface area contributed by atoms with Gasteiger partial charge in [-0.25, -0.2) is 0 Å². The molecule has 1 fully saturated rings. The molecule has 2 N–H and O–H groups in total. The molecule has 0 aliphatic carbocycles. The number of ketones is 1. The predicted octanol–water partition coefficient (Wildman–Crippen LogP) is -1.10. The molecular formula is C9H14N4O2. The molecule has 0 aromatic carbocycles. The van der Waals surface area contributed by atoms with Crippen molar-refractivity contribution in [1.29, 1.82) is 0 Å². The Balaban J connectivity index is 1.97. The van der Waals surface area contributed by atoms with Crippen molar-refractivity contribution in [2.45, 2.75) is 12.5 Å². The number of rotatable bonds is 3. The van der Waals surface area contributed by atoms with E-state index >= 15 is 0 Å². The number of carbonyl (C=O) groups excluding carboxylic acids is 1. The predicted molar refractivity (Wildman–Crippen MR) is 52.0 cm³/mol. The number of hydrogen-bond donors (Lipinski definition) is 1. The SMILES string of the molecule is Cn1cc(CC(=O)C2COCC2N)nn1. The van der Waals surface area contributed by atoms with E-state index in [-0.39, 0.29) is 24.2 Å². The molecule has 1 aromatic rings. The van der Waals surface area contributed by atoms with Gasteiger partial charge in [-0.2, -0.15) is 0 Å². The number of hydrogen-bond acceptors (Lipinski definition) is 5. The Kier molecular flexibility index (Phi) is 2.79. The Bertz CT molecular complexity index is 363. The number of aromatic nitrogens is 3. The van der Waals surface area contributed by atoms with Crippen LogP contribution in [0.25, 0.3) is 0 Å². The summed E-state index contributed by atoms with van der Waals surface area (Å²) >= 11 is 0. The minimum atomic E-state index is -0.188. The van der Waals surface area contributed by atoms with Gasteiger partial charge in [-0.05, 0) is 0 Å². The molecule has 0 radical (unpaired) electrons. The third-order valence-electron chi connectivity index (χ3n) is 2.54. The van der Waals surface area contributed by atoms with Crippen LogP contribution in [0.5, 0.6) is 0 Å². The first-order chi connectivity index (χ1) is 7.16. The fourth-order valence-corrected chi connectivity index (χ4v) is 1.69. The zero-order valence-electron chi connectivity index (χ0n) is 8.59. The lowest BCUT2D eigenvalue weighted by molar-refractivity contribution is -0.122. The monoisotopic (exact) mass is 210 g/mol. The minimum Gasteiger partial charge on any atom is -0.379 e. The van der Waals surface area contributed by atoms with Crippen molar-refractivity contribution in [3.8, 4) is 0 Å². The van der Waals surface area contributed by atoms with Gasteiger partial charge >= 0.3 is 0 Å². The van der Waals surface area contributed by atoms with Crippen LogP contribution in [0.2, 0.25) is 0 Å². The molecule has 1 aliphatic heterocycles. The molecule has 2 atom stereocenters. The first-order valence-electron chi connectivity index (χ1n) is 4.88. The highest BCUT2D eigenvalue weighted by Crippen LogP contribution is 2.14. The van der Waals surface area contributed by atoms with E-state index in [9.17, 15) is 4.79 Å². The van der Waals surface area contributed by atoms with E-state index in [1.165, 1.54) is 0 Å². The second-order valence-electron chi connectivity index (χ2n) is 3.83. The van der Waals surface area contributed by atoms with E-state index < -0.39 is 0 Å². The van der Waals surface area contributed by atoms with E-state index in [2.05, 4.69) is 10.3 Å². The van der Waals surface area contributed by atoms with Gasteiger partial charge in [-0.3, -0.25) is 9.48 Å². The quantitative estimate of drug-likeness (QED) is 0.684. The first kappa shape index (κ1) is 10.3. The summed E-state index contributed by atoms with van der Waals surface area (Å²) in [4.78, 5) is 11.8. The van der Waals surface area contributed by atoms with Gasteiger partial charge in [0, 0.05) is 19.3 Å². The Labute approximate surface area is 87.4 Å². The zero-order valence-corrected chi connectivity index (χ0v) is 8.59. The van der Waals surface area contributed by atoms with Gasteiger partial charge < -0.3 is 10.5 Å². The summed E-state index contributed by atoms with van der Waals surface area (Å²) in [6.07, 6.45) is 2.02. The molecule has 2 unspecified atom stereocenters. The van der Waals surface area contributed by atoms with Crippen molar-refractivity contribution in [3.05, 3.63) is 11.9 Å². The normalized spacial score (nSPS) is 25.7. The molecule has 1 aliphatic rings. The minimum absolute atomic E-state index is 0.0838. The van der Waals surface area contributed by atoms with Crippen LogP contribution in [-0.2, 0) is 23.0 Å². The van der Waals surface area contributed by atoms with Crippen LogP contribution in [0.3, 0.4) is 0 Å². The molecule has 82 valence electrons. The maximum Gasteiger partial charge on any atom is 0.145 e. The molecule has 0 amide bonds. The number of Topliss-reactive ketones (excluding diaryl/α,β-unsaturated/α-hetero) is 1. The lowest BCUT2D eigenvalue weighted by Crippen LogP contribution is -2.34. The van der Waals surface area contributed by atoms with E-state index in [0.717, 1.165) is 0 Å². The van der Waals surface area contributed by atoms with Crippen molar-refractivity contribution in [3.63, 3.8) is 0 Å². The third-order valence-corrected chi connectivity index (χ3v) is 2.54. The largest absolute Gasteiger partial charge is 0.379 e. The lowest BCUT2D eigenvalue weighted by Gasteiger charge is -2.09. The number of carbonyl (C=O) groups is 1. The van der Waals surface area contributed by atoms with Gasteiger partial charge in [0.15, 0.2) is 0 Å². The van der Waals surface area contributed by atoms with Crippen LogP contribution in [-0.4, -0.2) is 40.0 Å². The molecule has 6 nitrogen and oxygen atoms in total. The molecule has 15 heavy (non-hydrogen) atoms. The fraction of sp³-hybridized carbons (Fsp3) is 0.667. The number of aryl methyl sites for hydroxylation is 1. The Hall–Kier alpha value is -1.27. The van der Waals surface area contributed by atoms with E-state index in [0.29, 0.717) is 18.9 Å². The van der Waals surface area contributed by atoms with Crippen LogP contribution in [0, 0.1) is 5.92 Å². The van der Waals surface area contributed by atoms with Crippen LogP contribution < -0.4 is 5.73 Å². The Morgan fingerprint density at radius 2 is 2.53 bits per heavy atom. The molecule has 2 rings (SSSR count). The van der Waals surface area contributed by atoms with Crippen molar-refractivity contribution >= 4 is 5.78 Å². The van der Waals surface area contributed by atoms with Gasteiger partial charge in [-0.15, -0.1) is 5.10 Å². The molecule has 0 saturated carbocycles. The van der Waals surface area contributed by atoms with E-state index in [4.69, 9.17) is 10.5 Å². The zero-order chi connectivity index (χ0) is 10.8. The molecule has 0 spiro atoms. The second kappa shape index (κ2) is 4.08. The summed E-state index contributed by atoms with van der Waals surface area (Å²) in [7, 11) is 1.77. The standard InChI is InChI=1S/C9H14N4O2/c1-13-3-6(11-12-13)2-9(14)7-4-15-5-8(7)10/h3,7-8H,2,4-5,10H2,1H3. The molecule has 1 saturated heterocycles. The molecular weight excluding hydrogens is 196 g/mol. The first-order valence-corrected chi connectivity index (χ1v) is 4.88. The highest BCUT2D eigenvalue weighted by atomic mass is 16.5. The fourth-order valence-electron chi connectivity index (χ4n) is 1.69. The average molecular weight is 210 g/mol. The summed E-state index contributed by atoms with van der Waals surface area (Å²) in [5, 5.41) is 7.63. The van der Waals surface area contributed by atoms with Crippen LogP contribution in [0.4, 0.5) is 0 Å². The summed E-state index contributed by atoms with van der Waals surface area (Å²) in [5.74, 6) is -0.104. The summed E-state index contributed by atoms with van der Waals surface area (Å²) in [6, 6.07) is -0.172. The van der Waals surface area contributed by atoms with Gasteiger partial charge in [0.1, 0.15) is 5.78 Å². The van der Waals surface area contributed by atoms with Gasteiger partial charge in [0.05, 0.1) is 31.2 Å². The Morgan fingerprint density at radius 3 is 3.07 bits per heavy atom. The molecule has 1 aromatic heterocycles. The van der Waals surface area contributed by atoms with Crippen molar-refractivity contribution in [2.75, 3.05) is 13.2 Å². The average Bonchev–Trinajstić information content (AvgIpc) is 2.75. The number of ether oxygens (including phenoxy) is 1. The van der Waals surface area contributed by atoms with Gasteiger partial charge in [-0.1, -0.05) is 5.21 Å². The topological polar surface area (TPSA) is 83.0 Å². The number of nitrogens with two attached hydrogens (primary N) is 1. The summed E-state index contributed by atoms with van der Waals surface area (Å²) in [5.41, 5.74) is 6.43. The number of nitrogens with zero attached hydrogens (tertiary/aromatic N) is 3. The summed E-state index contributed by atoms with van der Waals surface area (Å²) < 4.78 is 6.72. The second-order valence-corrected chi connectivity index (χ2v) is 3.83. The van der Waals surface area contributed by atoms with Crippen LogP contribution >= 0.6 is 0 Å². The molecule has 2 heterocycles. The lowest BCUT2D eigenvalue weighted by atomic mass is 9.96. The molecule has 6 heteroatoms. The van der Waals surface area contributed by atoms with Gasteiger partial charge in [0.25, 0.3) is 0 Å². The summed E-state index contributed by atoms with van der Waals surface area (Å²) in [6.45, 7) is 0.900. The smallest absolute Gasteiger partial charge is 0.145 e. The van der Waals surface area contributed by atoms with Crippen molar-refractivity contribution < 1.29 is 9.53 Å². The maximum absolute atomic E-state index is 11.8. The van der Waals surface area contributed by atoms with E-state index in [1.54, 1.807) is 17.9 Å². The van der Waals surface area contributed by atoms with Crippen LogP contribution in [0.15, 0.2) is 6.20 Å². The van der Waals surface area contributed by atoms with Crippen LogP contribution in [0.1, 0.15) is 5.69 Å². The van der Waals surface area contributed by atoms with E-state index in [1.807, 2.05) is 0 Å². The van der Waals surface area contributed by atoms with Crippen molar-refractivity contribution in [2.24, 2.45) is 18.7 Å². The maximum atomic E-state index is 11.8. The molecule has 0 bridgehead atoms. The van der Waals surface area contributed by atoms with Gasteiger partial charge in [0.2, 0.25) is 0 Å². The highest BCUT2D eigenvalue weighted by Gasteiger charge is 2.31. The Morgan fingerprint density at radius 1 is 1.73 bits per heavy atom. The highest BCUT2D eigenvalue weighted by molar-refractivity contribution is 5.83. The third kappa shape index (κ3) is 2.21. The van der Waals surface area contributed by atoms with Crippen molar-refractivity contribution in [1.82, 2.24) is 15.0 Å².